The Morgan fingerprint density at radius 2 is 1.54 bits per heavy atom. The number of aliphatic hydroxyl groups excluding tert-OH is 1. The maximum Gasteiger partial charge on any atom is 0.157 e. The molecule has 1 unspecified atom stereocenters. The average Bonchev–Trinajstić information content (AvgIpc) is 2.55. The quantitative estimate of drug-likeness (QED) is 0.558. The van der Waals surface area contributed by atoms with Crippen LogP contribution in [0.4, 0.5) is 0 Å². The Morgan fingerprint density at radius 1 is 0.875 bits per heavy atom. The molecule has 0 aliphatic heterocycles. The van der Waals surface area contributed by atoms with Crippen LogP contribution in [-0.4, -0.2) is 32.3 Å². The molecule has 0 amide bonds. The third-order valence-corrected chi connectivity index (χ3v) is 3.90. The number of benzene rings is 2. The molecule has 0 aliphatic rings. The van der Waals surface area contributed by atoms with Gasteiger partial charge in [-0.3, -0.25) is 4.79 Å². The molecule has 4 N–H and O–H groups in total. The van der Waals surface area contributed by atoms with Crippen LogP contribution in [0.3, 0.4) is 0 Å². The highest BCUT2D eigenvalue weighted by Crippen LogP contribution is 2.25. The van der Waals surface area contributed by atoms with E-state index < -0.39 is 6.10 Å². The molecule has 0 aromatic heterocycles. The summed E-state index contributed by atoms with van der Waals surface area (Å²) in [5.74, 6) is -0.223. The number of carbonyl (C=O) groups excluding carboxylic acids is 1. The van der Waals surface area contributed by atoms with E-state index in [-0.39, 0.29) is 35.9 Å². The normalized spacial score (nSPS) is 12.0. The smallest absolute Gasteiger partial charge is 0.157 e. The van der Waals surface area contributed by atoms with Crippen LogP contribution >= 0.6 is 0 Å². The van der Waals surface area contributed by atoms with Gasteiger partial charge in [0.2, 0.25) is 0 Å². The van der Waals surface area contributed by atoms with Crippen molar-refractivity contribution >= 4 is 5.78 Å². The van der Waals surface area contributed by atoms with Gasteiger partial charge in [-0.15, -0.1) is 0 Å². The summed E-state index contributed by atoms with van der Waals surface area (Å²) in [5.41, 5.74) is 1.76. The van der Waals surface area contributed by atoms with E-state index in [0.29, 0.717) is 19.3 Å². The van der Waals surface area contributed by atoms with Crippen molar-refractivity contribution in [3.63, 3.8) is 0 Å². The van der Waals surface area contributed by atoms with E-state index in [0.717, 1.165) is 11.1 Å². The van der Waals surface area contributed by atoms with Gasteiger partial charge >= 0.3 is 0 Å². The fourth-order valence-electron chi connectivity index (χ4n) is 2.47. The first-order valence-corrected chi connectivity index (χ1v) is 7.92. The lowest BCUT2D eigenvalue weighted by Crippen LogP contribution is -2.14. The van der Waals surface area contributed by atoms with Gasteiger partial charge in [-0.1, -0.05) is 18.2 Å². The number of ketones is 1. The topological polar surface area (TPSA) is 98.0 Å². The summed E-state index contributed by atoms with van der Waals surface area (Å²) in [5, 5.41) is 37.8. The SMILES string of the molecule is O=C(CCc1ccc(O)c(O)c1)CC(O)CCc1ccc(O)cc1. The molecule has 0 spiro atoms. The number of aromatic hydroxyl groups is 3. The first kappa shape index (κ1) is 17.8. The van der Waals surface area contributed by atoms with Gasteiger partial charge in [0.1, 0.15) is 11.5 Å². The van der Waals surface area contributed by atoms with E-state index in [2.05, 4.69) is 0 Å². The summed E-state index contributed by atoms with van der Waals surface area (Å²) in [4.78, 5) is 11.9. The van der Waals surface area contributed by atoms with E-state index in [4.69, 9.17) is 0 Å². The monoisotopic (exact) mass is 330 g/mol. The predicted octanol–water partition coefficient (Wildman–Crippen LogP) is 2.69. The van der Waals surface area contributed by atoms with Gasteiger partial charge in [-0.05, 0) is 54.7 Å². The molecule has 0 saturated heterocycles. The van der Waals surface area contributed by atoms with Crippen molar-refractivity contribution in [2.24, 2.45) is 0 Å². The van der Waals surface area contributed by atoms with Crippen molar-refractivity contribution in [3.05, 3.63) is 53.6 Å². The number of carbonyl (C=O) groups is 1. The summed E-state index contributed by atoms with van der Waals surface area (Å²) in [6, 6.07) is 11.3. The van der Waals surface area contributed by atoms with Gasteiger partial charge in [0.15, 0.2) is 11.5 Å². The maximum absolute atomic E-state index is 11.9. The van der Waals surface area contributed by atoms with Gasteiger partial charge in [-0.2, -0.15) is 0 Å². The molecule has 128 valence electrons. The molecule has 0 fully saturated rings. The molecule has 5 heteroatoms. The summed E-state index contributed by atoms with van der Waals surface area (Å²) in [6.45, 7) is 0. The van der Waals surface area contributed by atoms with Gasteiger partial charge in [0, 0.05) is 12.8 Å². The lowest BCUT2D eigenvalue weighted by Gasteiger charge is -2.10. The summed E-state index contributed by atoms with van der Waals surface area (Å²) >= 11 is 0. The molecule has 2 aromatic carbocycles. The van der Waals surface area contributed by atoms with Crippen molar-refractivity contribution in [1.29, 1.82) is 0 Å². The Morgan fingerprint density at radius 3 is 2.21 bits per heavy atom. The van der Waals surface area contributed by atoms with E-state index in [1.54, 1.807) is 30.3 Å². The molecule has 0 saturated carbocycles. The zero-order valence-corrected chi connectivity index (χ0v) is 13.4. The summed E-state index contributed by atoms with van der Waals surface area (Å²) in [6.07, 6.45) is 1.26. The zero-order chi connectivity index (χ0) is 17.5. The number of hydrogen-bond acceptors (Lipinski definition) is 5. The number of phenolic OH excluding ortho intramolecular Hbond substituents is 3. The zero-order valence-electron chi connectivity index (χ0n) is 13.4. The highest BCUT2D eigenvalue weighted by atomic mass is 16.3. The highest BCUT2D eigenvalue weighted by Gasteiger charge is 2.12. The van der Waals surface area contributed by atoms with Crippen LogP contribution in [0.5, 0.6) is 17.2 Å². The van der Waals surface area contributed by atoms with Gasteiger partial charge in [-0.25, -0.2) is 0 Å². The average molecular weight is 330 g/mol. The van der Waals surface area contributed by atoms with Gasteiger partial charge in [0.25, 0.3) is 0 Å². The first-order chi connectivity index (χ1) is 11.4. The van der Waals surface area contributed by atoms with Crippen LogP contribution < -0.4 is 0 Å². The van der Waals surface area contributed by atoms with Crippen molar-refractivity contribution in [3.8, 4) is 17.2 Å². The molecule has 24 heavy (non-hydrogen) atoms. The number of aliphatic hydroxyl groups is 1. The van der Waals surface area contributed by atoms with Crippen molar-refractivity contribution in [1.82, 2.24) is 0 Å². The standard InChI is InChI=1S/C19H22O5/c20-15-6-1-13(2-7-15)3-8-16(21)12-17(22)9-4-14-5-10-18(23)19(24)11-14/h1-2,5-7,10-11,16,20-21,23-24H,3-4,8-9,12H2. The van der Waals surface area contributed by atoms with Gasteiger partial charge in [0.05, 0.1) is 6.10 Å². The minimum atomic E-state index is -0.695. The molecule has 1 atom stereocenters. The number of aryl methyl sites for hydroxylation is 2. The maximum atomic E-state index is 11.9. The third-order valence-electron chi connectivity index (χ3n) is 3.90. The second-order valence-corrected chi connectivity index (χ2v) is 5.92. The Balaban J connectivity index is 1.72. The number of hydrogen-bond donors (Lipinski definition) is 4. The Kier molecular flexibility index (Phi) is 6.21. The predicted molar refractivity (Wildman–Crippen MR) is 90.2 cm³/mol. The first-order valence-electron chi connectivity index (χ1n) is 7.92. The van der Waals surface area contributed by atoms with E-state index in [1.807, 2.05) is 0 Å². The second-order valence-electron chi connectivity index (χ2n) is 5.92. The molecule has 0 aliphatic carbocycles. The van der Waals surface area contributed by atoms with Crippen LogP contribution in [0.1, 0.15) is 30.4 Å². The van der Waals surface area contributed by atoms with Crippen molar-refractivity contribution in [2.45, 2.75) is 38.2 Å². The van der Waals surface area contributed by atoms with Crippen LogP contribution in [0, 0.1) is 0 Å². The molecule has 0 bridgehead atoms. The Bertz CT molecular complexity index is 679. The van der Waals surface area contributed by atoms with Crippen LogP contribution in [-0.2, 0) is 17.6 Å². The Hall–Kier alpha value is -2.53. The largest absolute Gasteiger partial charge is 0.508 e. The fourth-order valence-corrected chi connectivity index (χ4v) is 2.47. The third kappa shape index (κ3) is 5.59. The highest BCUT2D eigenvalue weighted by molar-refractivity contribution is 5.79. The minimum Gasteiger partial charge on any atom is -0.508 e. The van der Waals surface area contributed by atoms with E-state index in [9.17, 15) is 25.2 Å². The summed E-state index contributed by atoms with van der Waals surface area (Å²) in [7, 11) is 0. The molecule has 2 rings (SSSR count). The Labute approximate surface area is 140 Å². The van der Waals surface area contributed by atoms with Crippen LogP contribution in [0.2, 0.25) is 0 Å². The molecular formula is C19H22O5. The number of Topliss-reactive ketones (excluding diaryl/α,β-unsaturated/α-hetero) is 1. The fraction of sp³-hybridized carbons (Fsp3) is 0.316. The molecule has 0 radical (unpaired) electrons. The number of phenols is 3. The van der Waals surface area contributed by atoms with E-state index >= 15 is 0 Å². The molecule has 5 nitrogen and oxygen atoms in total. The van der Waals surface area contributed by atoms with Crippen LogP contribution in [0.25, 0.3) is 0 Å². The van der Waals surface area contributed by atoms with Crippen molar-refractivity contribution in [2.75, 3.05) is 0 Å². The van der Waals surface area contributed by atoms with Gasteiger partial charge < -0.3 is 20.4 Å². The lowest BCUT2D eigenvalue weighted by molar-refractivity contribution is -0.120. The lowest BCUT2D eigenvalue weighted by atomic mass is 10.00. The van der Waals surface area contributed by atoms with Crippen molar-refractivity contribution < 1.29 is 25.2 Å². The molecular weight excluding hydrogens is 308 g/mol. The number of rotatable bonds is 8. The van der Waals surface area contributed by atoms with E-state index in [1.165, 1.54) is 12.1 Å². The van der Waals surface area contributed by atoms with Crippen LogP contribution in [0.15, 0.2) is 42.5 Å². The molecule has 0 heterocycles. The second kappa shape index (κ2) is 8.36. The minimum absolute atomic E-state index is 0.0410. The molecule has 2 aromatic rings. The summed E-state index contributed by atoms with van der Waals surface area (Å²) < 4.78 is 0.